The number of rotatable bonds is 5. The minimum absolute atomic E-state index is 0.129. The normalized spacial score (nSPS) is 15.0. The smallest absolute Gasteiger partial charge is 0.410 e. The summed E-state index contributed by atoms with van der Waals surface area (Å²) in [6.07, 6.45) is 1.38. The summed E-state index contributed by atoms with van der Waals surface area (Å²) in [4.78, 5) is 30.3. The van der Waals surface area contributed by atoms with E-state index in [1.54, 1.807) is 11.2 Å². The molecule has 0 spiro atoms. The van der Waals surface area contributed by atoms with Crippen LogP contribution in [0.5, 0.6) is 0 Å². The summed E-state index contributed by atoms with van der Waals surface area (Å²) >= 11 is 0. The molecule has 7 nitrogen and oxygen atoms in total. The monoisotopic (exact) mass is 364 g/mol. The highest BCUT2D eigenvalue weighted by Crippen LogP contribution is 2.20. The lowest BCUT2D eigenvalue weighted by atomic mass is 10.2. The lowest BCUT2D eigenvalue weighted by molar-refractivity contribution is -0.118. The summed E-state index contributed by atoms with van der Waals surface area (Å²) in [5, 5.41) is 2.95. The van der Waals surface area contributed by atoms with E-state index >= 15 is 0 Å². The van der Waals surface area contributed by atoms with Crippen LogP contribution in [0, 0.1) is 0 Å². The van der Waals surface area contributed by atoms with Crippen molar-refractivity contribution in [1.29, 1.82) is 0 Å². The van der Waals surface area contributed by atoms with Crippen molar-refractivity contribution in [3.8, 4) is 0 Å². The van der Waals surface area contributed by atoms with E-state index in [9.17, 15) is 9.59 Å². The number of nitrogens with one attached hydrogen (secondary N) is 1. The van der Waals surface area contributed by atoms with Crippen molar-refractivity contribution in [2.24, 2.45) is 0 Å². The number of hydrogen-bond acceptors (Lipinski definition) is 4. The van der Waals surface area contributed by atoms with Crippen LogP contribution in [-0.4, -0.2) is 39.6 Å². The molecule has 7 heteroatoms. The number of carbonyl (C=O) groups excluding carboxylic acids is 2. The van der Waals surface area contributed by atoms with Gasteiger partial charge in [0.2, 0.25) is 5.91 Å². The summed E-state index contributed by atoms with van der Waals surface area (Å²) in [7, 11) is 0. The number of anilines is 1. The second-order valence-corrected chi connectivity index (χ2v) is 6.54. The van der Waals surface area contributed by atoms with Crippen LogP contribution < -0.4 is 5.32 Å². The Morgan fingerprint density at radius 2 is 2.11 bits per heavy atom. The van der Waals surface area contributed by atoms with Gasteiger partial charge in [0.05, 0.1) is 23.9 Å². The molecule has 0 radical (unpaired) electrons. The summed E-state index contributed by atoms with van der Waals surface area (Å²) in [6.45, 7) is 3.31. The van der Waals surface area contributed by atoms with Gasteiger partial charge in [-0.15, -0.1) is 0 Å². The van der Waals surface area contributed by atoms with E-state index in [0.29, 0.717) is 25.4 Å². The largest absolute Gasteiger partial charge is 0.448 e. The molecule has 1 saturated heterocycles. The van der Waals surface area contributed by atoms with Crippen molar-refractivity contribution in [3.05, 3.63) is 60.4 Å². The molecule has 27 heavy (non-hydrogen) atoms. The molecule has 1 aliphatic rings. The minimum Gasteiger partial charge on any atom is -0.448 e. The van der Waals surface area contributed by atoms with Crippen LogP contribution in [0.2, 0.25) is 0 Å². The van der Waals surface area contributed by atoms with Gasteiger partial charge in [0.1, 0.15) is 12.6 Å². The number of cyclic esters (lactones) is 1. The number of hydrogen-bond donors (Lipinski definition) is 1. The number of benzene rings is 2. The molecule has 1 N–H and O–H groups in total. The van der Waals surface area contributed by atoms with Crippen molar-refractivity contribution >= 4 is 28.7 Å². The molecule has 0 saturated carbocycles. The van der Waals surface area contributed by atoms with E-state index in [1.807, 2.05) is 60.0 Å². The van der Waals surface area contributed by atoms with E-state index < -0.39 is 6.04 Å². The molecule has 138 valence electrons. The van der Waals surface area contributed by atoms with Crippen molar-refractivity contribution < 1.29 is 14.3 Å². The second-order valence-electron chi connectivity index (χ2n) is 6.54. The van der Waals surface area contributed by atoms with E-state index in [1.165, 1.54) is 0 Å². The molecule has 0 aliphatic carbocycles. The molecule has 4 rings (SSSR count). The number of fused-ring (bicyclic) bond motifs is 1. The number of carbonyl (C=O) groups is 2. The number of ether oxygens (including phenoxy) is 1. The maximum atomic E-state index is 12.7. The Morgan fingerprint density at radius 3 is 2.93 bits per heavy atom. The molecule has 1 fully saturated rings. The molecule has 3 aromatic rings. The van der Waals surface area contributed by atoms with Gasteiger partial charge in [-0.1, -0.05) is 24.3 Å². The molecule has 2 amide bonds. The van der Waals surface area contributed by atoms with Crippen molar-refractivity contribution in [3.63, 3.8) is 0 Å². The average Bonchev–Trinajstić information content (AvgIpc) is 3.28. The van der Waals surface area contributed by atoms with Crippen LogP contribution in [0.1, 0.15) is 18.5 Å². The Balaban J connectivity index is 1.47. The minimum atomic E-state index is -0.408. The van der Waals surface area contributed by atoms with Crippen molar-refractivity contribution in [1.82, 2.24) is 14.5 Å². The number of imidazole rings is 1. The molecular formula is C20H20N4O3. The van der Waals surface area contributed by atoms with Gasteiger partial charge in [0, 0.05) is 12.2 Å². The first-order chi connectivity index (χ1) is 13.1. The van der Waals surface area contributed by atoms with Crippen molar-refractivity contribution in [2.75, 3.05) is 18.5 Å². The first-order valence-electron chi connectivity index (χ1n) is 8.85. The fourth-order valence-corrected chi connectivity index (χ4v) is 3.20. The Labute approximate surface area is 156 Å². The van der Waals surface area contributed by atoms with E-state index in [-0.39, 0.29) is 12.0 Å². The van der Waals surface area contributed by atoms with E-state index in [2.05, 4.69) is 10.3 Å². The lowest BCUT2D eigenvalue weighted by Crippen LogP contribution is -2.24. The fourth-order valence-electron chi connectivity index (χ4n) is 3.20. The zero-order valence-electron chi connectivity index (χ0n) is 15.0. The van der Waals surface area contributed by atoms with Crippen LogP contribution in [0.15, 0.2) is 54.9 Å². The van der Waals surface area contributed by atoms with Crippen LogP contribution in [0.25, 0.3) is 11.0 Å². The summed E-state index contributed by atoms with van der Waals surface area (Å²) < 4.78 is 6.80. The van der Waals surface area contributed by atoms with Crippen LogP contribution in [0.4, 0.5) is 10.5 Å². The third-order valence-corrected chi connectivity index (χ3v) is 4.69. The fraction of sp³-hybridized carbons (Fsp3) is 0.250. The molecule has 1 aromatic heterocycles. The zero-order valence-corrected chi connectivity index (χ0v) is 15.0. The first-order valence-corrected chi connectivity index (χ1v) is 8.85. The maximum Gasteiger partial charge on any atom is 0.410 e. The summed E-state index contributed by atoms with van der Waals surface area (Å²) in [5.74, 6) is -0.129. The average molecular weight is 364 g/mol. The van der Waals surface area contributed by atoms with Crippen LogP contribution >= 0.6 is 0 Å². The molecular weight excluding hydrogens is 344 g/mol. The highest BCUT2D eigenvalue weighted by molar-refractivity contribution is 5.94. The summed E-state index contributed by atoms with van der Waals surface area (Å²) in [5.41, 5.74) is 3.41. The van der Waals surface area contributed by atoms with Crippen LogP contribution in [-0.2, 0) is 16.1 Å². The van der Waals surface area contributed by atoms with Gasteiger partial charge in [-0.2, -0.15) is 0 Å². The predicted molar refractivity (Wildman–Crippen MR) is 101 cm³/mol. The SMILES string of the molecule is C[C@@H](C(=O)Nc1cccc(CN2CCOC2=O)c1)n1cnc2ccccc21. The number of amides is 2. The highest BCUT2D eigenvalue weighted by atomic mass is 16.6. The molecule has 1 aliphatic heterocycles. The van der Waals surface area contributed by atoms with Gasteiger partial charge in [0.25, 0.3) is 0 Å². The quantitative estimate of drug-likeness (QED) is 0.754. The molecule has 0 unspecified atom stereocenters. The number of para-hydroxylation sites is 2. The first kappa shape index (κ1) is 17.1. The van der Waals surface area contributed by atoms with Gasteiger partial charge in [-0.05, 0) is 36.8 Å². The molecule has 0 bridgehead atoms. The zero-order chi connectivity index (χ0) is 18.8. The summed E-state index contributed by atoms with van der Waals surface area (Å²) in [6, 6.07) is 14.8. The van der Waals surface area contributed by atoms with Gasteiger partial charge >= 0.3 is 6.09 Å². The van der Waals surface area contributed by atoms with Gasteiger partial charge in [0.15, 0.2) is 0 Å². The molecule has 2 heterocycles. The van der Waals surface area contributed by atoms with Gasteiger partial charge < -0.3 is 19.5 Å². The second kappa shape index (κ2) is 7.11. The highest BCUT2D eigenvalue weighted by Gasteiger charge is 2.22. The maximum absolute atomic E-state index is 12.7. The van der Waals surface area contributed by atoms with Crippen LogP contribution in [0.3, 0.4) is 0 Å². The van der Waals surface area contributed by atoms with Gasteiger partial charge in [-0.3, -0.25) is 4.79 Å². The van der Waals surface area contributed by atoms with E-state index in [4.69, 9.17) is 4.74 Å². The molecule has 1 atom stereocenters. The topological polar surface area (TPSA) is 76.5 Å². The van der Waals surface area contributed by atoms with Crippen molar-refractivity contribution in [2.45, 2.75) is 19.5 Å². The Hall–Kier alpha value is -3.35. The lowest BCUT2D eigenvalue weighted by Gasteiger charge is -2.16. The third kappa shape index (κ3) is 3.48. The van der Waals surface area contributed by atoms with E-state index in [0.717, 1.165) is 16.6 Å². The van der Waals surface area contributed by atoms with Gasteiger partial charge in [-0.25, -0.2) is 9.78 Å². The predicted octanol–water partition coefficient (Wildman–Crippen LogP) is 3.19. The standard InChI is InChI=1S/C20H20N4O3/c1-14(24-13-21-17-7-2-3-8-18(17)24)19(25)22-16-6-4-5-15(11-16)12-23-9-10-27-20(23)26/h2-8,11,13-14H,9-10,12H2,1H3,(H,22,25)/t14-/m0/s1. The Bertz CT molecular complexity index is 998. The molecule has 2 aromatic carbocycles. The number of nitrogens with zero attached hydrogens (tertiary/aromatic N) is 3. The number of aromatic nitrogens is 2. The Morgan fingerprint density at radius 1 is 1.26 bits per heavy atom. The third-order valence-electron chi connectivity index (χ3n) is 4.69. The Kier molecular flexibility index (Phi) is 4.50.